The van der Waals surface area contributed by atoms with Crippen molar-refractivity contribution in [3.05, 3.63) is 52.5 Å². The molecular formula is C22H29ClN2O5S. The van der Waals surface area contributed by atoms with Crippen LogP contribution in [-0.2, 0) is 14.8 Å². The van der Waals surface area contributed by atoms with E-state index in [9.17, 15) is 13.2 Å². The minimum atomic E-state index is -3.75. The van der Waals surface area contributed by atoms with E-state index < -0.39 is 22.0 Å². The third kappa shape index (κ3) is 6.77. The van der Waals surface area contributed by atoms with Crippen molar-refractivity contribution in [1.82, 2.24) is 5.32 Å². The van der Waals surface area contributed by atoms with Crippen LogP contribution in [0.15, 0.2) is 36.4 Å². The molecular weight excluding hydrogens is 440 g/mol. The van der Waals surface area contributed by atoms with E-state index in [-0.39, 0.29) is 24.6 Å². The Balaban J connectivity index is 2.10. The molecule has 0 aliphatic rings. The SMILES string of the molecule is CC[C@H](C(=O)NCCOc1cc(C)cc(C)c1)N(c1ccc(OC)c(Cl)c1)S(C)(=O)=O. The largest absolute Gasteiger partial charge is 0.495 e. The maximum absolute atomic E-state index is 12.8. The zero-order valence-corrected chi connectivity index (χ0v) is 20.0. The minimum absolute atomic E-state index is 0.239. The van der Waals surface area contributed by atoms with Crippen LogP contribution < -0.4 is 19.1 Å². The van der Waals surface area contributed by atoms with Gasteiger partial charge in [-0.3, -0.25) is 9.10 Å². The average molecular weight is 469 g/mol. The molecule has 0 saturated heterocycles. The van der Waals surface area contributed by atoms with E-state index in [1.54, 1.807) is 19.1 Å². The topological polar surface area (TPSA) is 84.9 Å². The van der Waals surface area contributed by atoms with Gasteiger partial charge in [0, 0.05) is 0 Å². The molecule has 0 spiro atoms. The van der Waals surface area contributed by atoms with Gasteiger partial charge in [0.1, 0.15) is 24.1 Å². The Hall–Kier alpha value is -2.45. The zero-order valence-electron chi connectivity index (χ0n) is 18.4. The van der Waals surface area contributed by atoms with Crippen molar-refractivity contribution >= 4 is 33.2 Å². The number of benzene rings is 2. The van der Waals surface area contributed by atoms with E-state index in [4.69, 9.17) is 21.1 Å². The Morgan fingerprint density at radius 3 is 2.32 bits per heavy atom. The van der Waals surface area contributed by atoms with E-state index in [1.807, 2.05) is 32.0 Å². The fraction of sp³-hybridized carbons (Fsp3) is 0.409. The molecule has 2 aromatic carbocycles. The molecule has 0 aliphatic carbocycles. The number of carbonyl (C=O) groups excluding carboxylic acids is 1. The second-order valence-electron chi connectivity index (χ2n) is 7.26. The summed E-state index contributed by atoms with van der Waals surface area (Å²) in [6, 6.07) is 9.56. The molecule has 0 radical (unpaired) electrons. The number of aryl methyl sites for hydroxylation is 2. The number of ether oxygens (including phenoxy) is 2. The first kappa shape index (κ1) is 24.8. The van der Waals surface area contributed by atoms with Gasteiger partial charge >= 0.3 is 0 Å². The molecule has 170 valence electrons. The van der Waals surface area contributed by atoms with Gasteiger partial charge in [-0.1, -0.05) is 24.6 Å². The lowest BCUT2D eigenvalue weighted by atomic mass is 10.1. The highest BCUT2D eigenvalue weighted by molar-refractivity contribution is 7.92. The normalized spacial score (nSPS) is 12.2. The first-order chi connectivity index (χ1) is 14.6. The Bertz CT molecular complexity index is 1010. The summed E-state index contributed by atoms with van der Waals surface area (Å²) in [7, 11) is -2.28. The second-order valence-corrected chi connectivity index (χ2v) is 9.53. The van der Waals surface area contributed by atoms with E-state index in [0.717, 1.165) is 27.4 Å². The van der Waals surface area contributed by atoms with Crippen molar-refractivity contribution in [2.45, 2.75) is 33.2 Å². The van der Waals surface area contributed by atoms with Crippen LogP contribution in [0.2, 0.25) is 5.02 Å². The summed E-state index contributed by atoms with van der Waals surface area (Å²) < 4.78 is 37.0. The number of amides is 1. The molecule has 0 fully saturated rings. The summed E-state index contributed by atoms with van der Waals surface area (Å²) in [5.74, 6) is 0.730. The van der Waals surface area contributed by atoms with E-state index in [1.165, 1.54) is 13.2 Å². The van der Waals surface area contributed by atoms with Gasteiger partial charge < -0.3 is 14.8 Å². The van der Waals surface area contributed by atoms with Gasteiger partial charge in [-0.25, -0.2) is 8.42 Å². The van der Waals surface area contributed by atoms with Crippen molar-refractivity contribution in [2.24, 2.45) is 0 Å². The highest BCUT2D eigenvalue weighted by Gasteiger charge is 2.31. The van der Waals surface area contributed by atoms with E-state index >= 15 is 0 Å². The summed E-state index contributed by atoms with van der Waals surface area (Å²) >= 11 is 6.17. The first-order valence-corrected chi connectivity index (χ1v) is 12.1. The molecule has 0 saturated carbocycles. The summed E-state index contributed by atoms with van der Waals surface area (Å²) in [5, 5.41) is 3.02. The van der Waals surface area contributed by atoms with Gasteiger partial charge in [0.2, 0.25) is 15.9 Å². The van der Waals surface area contributed by atoms with Crippen molar-refractivity contribution < 1.29 is 22.7 Å². The van der Waals surface area contributed by atoms with Crippen LogP contribution in [0, 0.1) is 13.8 Å². The predicted octanol–water partition coefficient (Wildman–Crippen LogP) is 3.71. The highest BCUT2D eigenvalue weighted by Crippen LogP contribution is 2.31. The number of carbonyl (C=O) groups is 1. The number of methoxy groups -OCH3 is 1. The molecule has 7 nitrogen and oxygen atoms in total. The fourth-order valence-corrected chi connectivity index (χ4v) is 4.79. The highest BCUT2D eigenvalue weighted by atomic mass is 35.5. The number of hydrogen-bond donors (Lipinski definition) is 1. The lowest BCUT2D eigenvalue weighted by Gasteiger charge is -2.30. The van der Waals surface area contributed by atoms with Crippen LogP contribution in [0.1, 0.15) is 24.5 Å². The Labute approximate surface area is 189 Å². The number of nitrogens with zero attached hydrogens (tertiary/aromatic N) is 1. The van der Waals surface area contributed by atoms with Crippen LogP contribution >= 0.6 is 11.6 Å². The summed E-state index contributed by atoms with van der Waals surface area (Å²) in [6.07, 6.45) is 1.34. The van der Waals surface area contributed by atoms with Crippen LogP contribution in [0.3, 0.4) is 0 Å². The second kappa shape index (κ2) is 10.7. The quantitative estimate of drug-likeness (QED) is 0.537. The van der Waals surface area contributed by atoms with Crippen molar-refractivity contribution in [3.63, 3.8) is 0 Å². The Kier molecular flexibility index (Phi) is 8.59. The van der Waals surface area contributed by atoms with E-state index in [0.29, 0.717) is 11.4 Å². The number of halogens is 1. The van der Waals surface area contributed by atoms with Gasteiger partial charge in [-0.05, 0) is 61.7 Å². The number of anilines is 1. The van der Waals surface area contributed by atoms with Crippen molar-refractivity contribution in [3.8, 4) is 11.5 Å². The van der Waals surface area contributed by atoms with E-state index in [2.05, 4.69) is 5.32 Å². The molecule has 1 atom stereocenters. The third-order valence-corrected chi connectivity index (χ3v) is 6.06. The van der Waals surface area contributed by atoms with Crippen LogP contribution in [-0.4, -0.2) is 46.9 Å². The fourth-order valence-electron chi connectivity index (χ4n) is 3.33. The standard InChI is InChI=1S/C22H29ClN2O5S/c1-6-20(22(26)24-9-10-30-18-12-15(2)11-16(3)13-18)25(31(5,27)28)17-7-8-21(29-4)19(23)14-17/h7-8,11-14,20H,6,9-10H2,1-5H3,(H,24,26)/t20-/m1/s1. The predicted molar refractivity (Wildman–Crippen MR) is 124 cm³/mol. The molecule has 1 amide bonds. The van der Waals surface area contributed by atoms with Gasteiger partial charge in [0.25, 0.3) is 0 Å². The molecule has 0 aliphatic heterocycles. The molecule has 0 unspecified atom stereocenters. The Morgan fingerprint density at radius 1 is 1.16 bits per heavy atom. The first-order valence-electron chi connectivity index (χ1n) is 9.88. The lowest BCUT2D eigenvalue weighted by molar-refractivity contribution is -0.122. The third-order valence-electron chi connectivity index (χ3n) is 4.58. The van der Waals surface area contributed by atoms with Crippen molar-refractivity contribution in [2.75, 3.05) is 30.8 Å². The minimum Gasteiger partial charge on any atom is -0.495 e. The molecule has 0 bridgehead atoms. The van der Waals surface area contributed by atoms with Gasteiger partial charge in [-0.15, -0.1) is 0 Å². The maximum Gasteiger partial charge on any atom is 0.244 e. The van der Waals surface area contributed by atoms with Crippen molar-refractivity contribution in [1.29, 1.82) is 0 Å². The summed E-state index contributed by atoms with van der Waals surface area (Å²) in [4.78, 5) is 12.8. The average Bonchev–Trinajstić information content (AvgIpc) is 2.67. The van der Waals surface area contributed by atoms with Gasteiger partial charge in [0.05, 0.1) is 30.6 Å². The molecule has 2 rings (SSSR count). The number of sulfonamides is 1. The van der Waals surface area contributed by atoms with Crippen LogP contribution in [0.25, 0.3) is 0 Å². The summed E-state index contributed by atoms with van der Waals surface area (Å²) in [6.45, 7) is 6.22. The summed E-state index contributed by atoms with van der Waals surface area (Å²) in [5.41, 5.74) is 2.47. The number of nitrogens with one attached hydrogen (secondary N) is 1. The lowest BCUT2D eigenvalue weighted by Crippen LogP contribution is -2.50. The maximum atomic E-state index is 12.8. The number of rotatable bonds is 10. The Morgan fingerprint density at radius 2 is 1.81 bits per heavy atom. The molecule has 1 N–H and O–H groups in total. The molecule has 31 heavy (non-hydrogen) atoms. The number of hydrogen-bond acceptors (Lipinski definition) is 5. The smallest absolute Gasteiger partial charge is 0.244 e. The van der Waals surface area contributed by atoms with Gasteiger partial charge in [-0.2, -0.15) is 0 Å². The molecule has 0 heterocycles. The van der Waals surface area contributed by atoms with Crippen LogP contribution in [0.4, 0.5) is 5.69 Å². The molecule has 0 aromatic heterocycles. The van der Waals surface area contributed by atoms with Crippen LogP contribution in [0.5, 0.6) is 11.5 Å². The zero-order chi connectivity index (χ0) is 23.2. The van der Waals surface area contributed by atoms with Gasteiger partial charge in [0.15, 0.2) is 0 Å². The monoisotopic (exact) mass is 468 g/mol. The molecule has 9 heteroatoms. The molecule has 2 aromatic rings.